The van der Waals surface area contributed by atoms with E-state index in [1.807, 2.05) is 25.1 Å². The van der Waals surface area contributed by atoms with Gasteiger partial charge < -0.3 is 29.9 Å². The predicted molar refractivity (Wildman–Crippen MR) is 235 cm³/mol. The summed E-state index contributed by atoms with van der Waals surface area (Å²) in [6, 6.07) is 25.4. The van der Waals surface area contributed by atoms with Crippen molar-refractivity contribution >= 4 is 51.1 Å². The van der Waals surface area contributed by atoms with Crippen molar-refractivity contribution < 1.29 is 55.8 Å². The number of fused-ring (bicyclic) bond motifs is 1. The van der Waals surface area contributed by atoms with Crippen LogP contribution in [-0.2, 0) is 21.2 Å². The molecule has 0 bridgehead atoms. The average molecular weight is 893 g/mol. The van der Waals surface area contributed by atoms with E-state index >= 15 is 8.78 Å². The van der Waals surface area contributed by atoms with Gasteiger partial charge in [-0.05, 0) is 90.2 Å². The summed E-state index contributed by atoms with van der Waals surface area (Å²) < 4.78 is 82.6. The predicted octanol–water partition coefficient (Wildman–Crippen LogP) is 6.61. The number of hydrogen-bond acceptors (Lipinski definition) is 10. The summed E-state index contributed by atoms with van der Waals surface area (Å²) in [5.41, 5.74) is 4.09. The molecule has 18 heteroatoms. The Hall–Kier alpha value is -7.28. The van der Waals surface area contributed by atoms with Crippen LogP contribution in [0.4, 0.5) is 18.9 Å². The maximum absolute atomic E-state index is 15.3. The number of halogens is 3. The van der Waals surface area contributed by atoms with Gasteiger partial charge in [-0.2, -0.15) is 4.39 Å². The lowest BCUT2D eigenvalue weighted by Crippen LogP contribution is -2.43. The van der Waals surface area contributed by atoms with Crippen LogP contribution in [0.25, 0.3) is 33.2 Å². The molecule has 0 unspecified atom stereocenters. The van der Waals surface area contributed by atoms with Crippen molar-refractivity contribution in [2.45, 2.75) is 31.2 Å². The molecule has 0 aliphatic rings. The van der Waals surface area contributed by atoms with Gasteiger partial charge in [-0.1, -0.05) is 54.6 Å². The molecule has 0 aliphatic heterocycles. The molecular weight excluding hydrogens is 852 g/mol. The molecule has 1 amide bonds. The number of amides is 1. The fourth-order valence-corrected chi connectivity index (χ4v) is 8.09. The molecule has 5 aromatic carbocycles. The number of benzene rings is 5. The van der Waals surface area contributed by atoms with E-state index in [0.717, 1.165) is 22.3 Å². The lowest BCUT2D eigenvalue weighted by molar-refractivity contribution is -0.139. The summed E-state index contributed by atoms with van der Waals surface area (Å²) in [6.07, 6.45) is 2.59. The molecular formula is C46H40BF3N4O9S. The van der Waals surface area contributed by atoms with E-state index in [1.54, 1.807) is 62.7 Å². The van der Waals surface area contributed by atoms with Crippen molar-refractivity contribution in [3.8, 4) is 33.8 Å². The summed E-state index contributed by atoms with van der Waals surface area (Å²) in [6.45, 7) is 3.72. The Morgan fingerprint density at radius 1 is 0.766 bits per heavy atom. The standard InChI is InChI=1S/C38H29F3N4O6S.C8H11BO3/c1-21-5-3-7-32(51-2)34(21)28-13-10-24(27-6-4-15-43-36(27)28)17-31(38(47)48)44-37(46)35-29(39)19-25(20-30(35)40)45-52(49,50)26-11-8-22(9-12-26)23-14-16-42-33(41)18-23;1-6-4-3-5-7(12-2)8(6)9(10)11/h3-16,18-20,31,45H,17H2,1-2H3,(H,44,46)(H,47,48);3-5,10-11H,1-2H3/t31-;/m0./s1. The summed E-state index contributed by atoms with van der Waals surface area (Å²) in [5.74, 6) is -5.27. The Kier molecular flexibility index (Phi) is 14.3. The molecule has 1 atom stereocenters. The zero-order chi connectivity index (χ0) is 46.3. The highest BCUT2D eigenvalue weighted by molar-refractivity contribution is 7.92. The van der Waals surface area contributed by atoms with Crippen LogP contribution in [0.1, 0.15) is 27.0 Å². The van der Waals surface area contributed by atoms with Gasteiger partial charge in [0.2, 0.25) is 5.95 Å². The van der Waals surface area contributed by atoms with E-state index in [9.17, 15) is 27.5 Å². The van der Waals surface area contributed by atoms with Gasteiger partial charge in [0.05, 0.1) is 30.3 Å². The summed E-state index contributed by atoms with van der Waals surface area (Å²) in [7, 11) is -2.78. The molecule has 0 radical (unpaired) electrons. The van der Waals surface area contributed by atoms with Crippen LogP contribution in [0.3, 0.4) is 0 Å². The summed E-state index contributed by atoms with van der Waals surface area (Å²) in [4.78, 5) is 33.2. The number of aromatic nitrogens is 2. The lowest BCUT2D eigenvalue weighted by atomic mass is 9.76. The third-order valence-electron chi connectivity index (χ3n) is 10.1. The van der Waals surface area contributed by atoms with E-state index < -0.39 is 63.9 Å². The smallest absolute Gasteiger partial charge is 0.492 e. The highest BCUT2D eigenvalue weighted by atomic mass is 32.2. The molecule has 7 aromatic rings. The van der Waals surface area contributed by atoms with Crippen LogP contribution < -0.4 is 25.0 Å². The normalized spacial score (nSPS) is 11.5. The first-order valence-electron chi connectivity index (χ1n) is 19.3. The van der Waals surface area contributed by atoms with Crippen molar-refractivity contribution in [3.05, 3.63) is 161 Å². The molecule has 2 aromatic heterocycles. The number of hydrogen-bond donors (Lipinski definition) is 5. The van der Waals surface area contributed by atoms with Crippen molar-refractivity contribution in [3.63, 3.8) is 0 Å². The molecule has 0 saturated carbocycles. The number of carboxylic acids is 1. The first-order valence-corrected chi connectivity index (χ1v) is 20.8. The van der Waals surface area contributed by atoms with Gasteiger partial charge >= 0.3 is 13.1 Å². The maximum Gasteiger partial charge on any atom is 0.492 e. The monoisotopic (exact) mass is 892 g/mol. The Bertz CT molecular complexity index is 2950. The van der Waals surface area contributed by atoms with Gasteiger partial charge in [0.15, 0.2) is 0 Å². The summed E-state index contributed by atoms with van der Waals surface area (Å²) >= 11 is 0. The SMILES string of the molecule is COc1cccc(C)c1-c1ccc(C[C@H](NC(=O)c2c(F)cc(NS(=O)(=O)c3ccc(-c4ccnc(F)c4)cc3)cc2F)C(=O)O)c2cccnc12.COc1cccc(C)c1B(O)O. The van der Waals surface area contributed by atoms with Gasteiger partial charge in [0, 0.05) is 46.9 Å². The van der Waals surface area contributed by atoms with E-state index in [1.165, 1.54) is 49.7 Å². The number of nitrogens with zero attached hydrogens (tertiary/aromatic N) is 2. The minimum absolute atomic E-state index is 0.258. The third-order valence-corrected chi connectivity index (χ3v) is 11.5. The van der Waals surface area contributed by atoms with Crippen molar-refractivity contribution in [2.24, 2.45) is 0 Å². The molecule has 5 N–H and O–H groups in total. The highest BCUT2D eigenvalue weighted by Gasteiger charge is 2.28. The Morgan fingerprint density at radius 2 is 1.42 bits per heavy atom. The number of pyridine rings is 2. The Balaban J connectivity index is 0.000000491. The third kappa shape index (κ3) is 10.3. The van der Waals surface area contributed by atoms with Crippen molar-refractivity contribution in [2.75, 3.05) is 18.9 Å². The van der Waals surface area contributed by atoms with Crippen LogP contribution in [-0.4, -0.2) is 72.8 Å². The van der Waals surface area contributed by atoms with Crippen LogP contribution >= 0.6 is 0 Å². The number of carbonyl (C=O) groups is 2. The number of rotatable bonds is 13. The fraction of sp³-hybridized carbons (Fsp3) is 0.130. The van der Waals surface area contributed by atoms with E-state index in [-0.39, 0.29) is 11.3 Å². The second kappa shape index (κ2) is 19.8. The van der Waals surface area contributed by atoms with E-state index in [2.05, 4.69) is 20.0 Å². The largest absolute Gasteiger partial charge is 0.497 e. The molecule has 7 rings (SSSR count). The first kappa shape index (κ1) is 46.2. The zero-order valence-electron chi connectivity index (χ0n) is 34.6. The minimum atomic E-state index is -4.36. The summed E-state index contributed by atoms with van der Waals surface area (Å²) in [5, 5.41) is 30.8. The number of methoxy groups -OCH3 is 2. The Labute approximate surface area is 366 Å². The molecule has 64 heavy (non-hydrogen) atoms. The number of sulfonamides is 1. The van der Waals surface area contributed by atoms with Crippen molar-refractivity contribution in [1.29, 1.82) is 0 Å². The number of carbonyl (C=O) groups excluding carboxylic acids is 1. The maximum atomic E-state index is 15.3. The number of carboxylic acid groups (broad SMARTS) is 1. The van der Waals surface area contributed by atoms with Crippen LogP contribution in [0.15, 0.2) is 126 Å². The molecule has 0 spiro atoms. The molecule has 2 heterocycles. The molecule has 0 fully saturated rings. The topological polar surface area (TPSA) is 197 Å². The number of ether oxygens (including phenoxy) is 2. The van der Waals surface area contributed by atoms with Crippen LogP contribution in [0.5, 0.6) is 11.5 Å². The second-order valence-electron chi connectivity index (χ2n) is 14.3. The molecule has 0 aliphatic carbocycles. The average Bonchev–Trinajstić information content (AvgIpc) is 3.26. The van der Waals surface area contributed by atoms with Gasteiger partial charge in [0.1, 0.15) is 34.7 Å². The quantitative estimate of drug-likeness (QED) is 0.0617. The second-order valence-corrected chi connectivity index (χ2v) is 16.0. The molecule has 0 saturated heterocycles. The van der Waals surface area contributed by atoms with Gasteiger partial charge in [-0.3, -0.25) is 14.5 Å². The van der Waals surface area contributed by atoms with Crippen LogP contribution in [0.2, 0.25) is 0 Å². The van der Waals surface area contributed by atoms with Gasteiger partial charge in [-0.15, -0.1) is 0 Å². The van der Waals surface area contributed by atoms with Crippen LogP contribution in [0, 0.1) is 31.4 Å². The molecule has 328 valence electrons. The fourth-order valence-electron chi connectivity index (χ4n) is 7.05. The van der Waals surface area contributed by atoms with E-state index in [4.69, 9.17) is 19.5 Å². The highest BCUT2D eigenvalue weighted by Crippen LogP contribution is 2.38. The minimum Gasteiger partial charge on any atom is -0.497 e. The van der Waals surface area contributed by atoms with E-state index in [0.29, 0.717) is 56.7 Å². The number of anilines is 1. The number of aryl methyl sites for hydroxylation is 2. The Morgan fingerprint density at radius 3 is 2.03 bits per heavy atom. The van der Waals surface area contributed by atoms with Gasteiger partial charge in [0.25, 0.3) is 15.9 Å². The molecule has 13 nitrogen and oxygen atoms in total. The first-order chi connectivity index (χ1) is 30.5. The number of nitrogens with one attached hydrogen (secondary N) is 2. The van der Waals surface area contributed by atoms with Gasteiger partial charge in [-0.25, -0.2) is 27.0 Å². The lowest BCUT2D eigenvalue weighted by Gasteiger charge is -2.19. The van der Waals surface area contributed by atoms with Crippen molar-refractivity contribution in [1.82, 2.24) is 15.3 Å². The number of aliphatic carboxylic acids is 1. The zero-order valence-corrected chi connectivity index (χ0v) is 35.5.